The van der Waals surface area contributed by atoms with Crippen LogP contribution >= 0.6 is 0 Å². The minimum Gasteiger partial charge on any atom is -0.369 e. The van der Waals surface area contributed by atoms with Gasteiger partial charge >= 0.3 is 0 Å². The number of hydrogen-bond donors (Lipinski definition) is 3. The second kappa shape index (κ2) is 12.1. The summed E-state index contributed by atoms with van der Waals surface area (Å²) < 4.78 is 16.4. The van der Waals surface area contributed by atoms with Crippen LogP contribution in [0.3, 0.4) is 0 Å². The summed E-state index contributed by atoms with van der Waals surface area (Å²) in [6, 6.07) is 15.3. The van der Waals surface area contributed by atoms with Crippen molar-refractivity contribution in [2.75, 3.05) is 67.8 Å². The third-order valence-corrected chi connectivity index (χ3v) is 6.52. The van der Waals surface area contributed by atoms with E-state index >= 15 is 0 Å². The first-order valence-electron chi connectivity index (χ1n) is 12.3. The van der Waals surface area contributed by atoms with Crippen molar-refractivity contribution in [3.8, 4) is 0 Å². The van der Waals surface area contributed by atoms with Crippen LogP contribution in [0.15, 0.2) is 71.7 Å². The molecule has 1 fully saturated rings. The van der Waals surface area contributed by atoms with E-state index in [1.165, 1.54) is 11.9 Å². The molecule has 3 N–H and O–H groups in total. The Kier molecular flexibility index (Phi) is 8.59. The zero-order valence-corrected chi connectivity index (χ0v) is 22.8. The largest absolute Gasteiger partial charge is 0.369 e. The first kappa shape index (κ1) is 27.1. The van der Waals surface area contributed by atoms with Gasteiger partial charge in [0, 0.05) is 78.2 Å². The maximum absolute atomic E-state index is 12.8. The lowest BCUT2D eigenvalue weighted by Gasteiger charge is -2.34. The Morgan fingerprint density at radius 3 is 2.50 bits per heavy atom. The topological polar surface area (TPSA) is 115 Å². The van der Waals surface area contributed by atoms with Crippen molar-refractivity contribution in [3.63, 3.8) is 0 Å². The number of piperazine rings is 1. The van der Waals surface area contributed by atoms with Crippen LogP contribution in [0.2, 0.25) is 0 Å². The van der Waals surface area contributed by atoms with Gasteiger partial charge in [0.05, 0.1) is 5.69 Å². The molecule has 0 atom stereocenters. The SMILES string of the molecule is C=CCNC(=O)c1cnc(Nc2ccc(N3CCN(C)CC3)cc2)nc1Nc1cccc(N=S(C)(C)=O)c1. The summed E-state index contributed by atoms with van der Waals surface area (Å²) in [5.74, 6) is 0.330. The highest BCUT2D eigenvalue weighted by molar-refractivity contribution is 7.92. The lowest BCUT2D eigenvalue weighted by molar-refractivity contribution is 0.0958. The van der Waals surface area contributed by atoms with E-state index in [1.807, 2.05) is 18.2 Å². The molecule has 1 aliphatic heterocycles. The van der Waals surface area contributed by atoms with Crippen LogP contribution in [0, 0.1) is 0 Å². The summed E-state index contributed by atoms with van der Waals surface area (Å²) in [6.07, 6.45) is 6.24. The Bertz CT molecular complexity index is 1400. The Balaban J connectivity index is 1.57. The van der Waals surface area contributed by atoms with Gasteiger partial charge in [-0.15, -0.1) is 6.58 Å². The first-order valence-corrected chi connectivity index (χ1v) is 14.6. The summed E-state index contributed by atoms with van der Waals surface area (Å²) in [7, 11) is -0.179. The molecule has 2 aromatic carbocycles. The summed E-state index contributed by atoms with van der Waals surface area (Å²) >= 11 is 0. The highest BCUT2D eigenvalue weighted by Gasteiger charge is 2.16. The Morgan fingerprint density at radius 2 is 1.82 bits per heavy atom. The Hall–Kier alpha value is -3.96. The number of hydrogen-bond acceptors (Lipinski definition) is 9. The molecule has 0 aliphatic carbocycles. The second-order valence-corrected chi connectivity index (χ2v) is 11.9. The number of likely N-dealkylation sites (N-methyl/N-ethyl adjacent to an activating group) is 1. The van der Waals surface area contributed by atoms with Crippen LogP contribution in [0.25, 0.3) is 0 Å². The smallest absolute Gasteiger partial charge is 0.256 e. The fourth-order valence-electron chi connectivity index (χ4n) is 3.94. The molecule has 10 nitrogen and oxygen atoms in total. The van der Waals surface area contributed by atoms with Gasteiger partial charge in [0.15, 0.2) is 0 Å². The first-order chi connectivity index (χ1) is 18.2. The lowest BCUT2D eigenvalue weighted by Crippen LogP contribution is -2.44. The third kappa shape index (κ3) is 7.53. The van der Waals surface area contributed by atoms with E-state index in [9.17, 15) is 9.00 Å². The van der Waals surface area contributed by atoms with Crippen LogP contribution in [-0.2, 0) is 9.73 Å². The molecule has 0 saturated carbocycles. The molecular formula is C27H34N8O2S. The van der Waals surface area contributed by atoms with E-state index in [2.05, 4.69) is 65.8 Å². The second-order valence-electron chi connectivity index (χ2n) is 9.36. The summed E-state index contributed by atoms with van der Waals surface area (Å²) in [6.45, 7) is 8.05. The van der Waals surface area contributed by atoms with Gasteiger partial charge in [-0.25, -0.2) is 9.19 Å². The van der Waals surface area contributed by atoms with Gasteiger partial charge in [0.2, 0.25) is 5.95 Å². The number of nitrogens with one attached hydrogen (secondary N) is 3. The van der Waals surface area contributed by atoms with Crippen molar-refractivity contribution in [1.29, 1.82) is 0 Å². The maximum Gasteiger partial charge on any atom is 0.256 e. The van der Waals surface area contributed by atoms with Gasteiger partial charge < -0.3 is 25.8 Å². The maximum atomic E-state index is 12.8. The highest BCUT2D eigenvalue weighted by atomic mass is 32.2. The van der Waals surface area contributed by atoms with Crippen molar-refractivity contribution in [2.24, 2.45) is 4.36 Å². The van der Waals surface area contributed by atoms with Crippen molar-refractivity contribution in [3.05, 3.63) is 72.9 Å². The number of anilines is 5. The van der Waals surface area contributed by atoms with Gasteiger partial charge in [0.25, 0.3) is 5.91 Å². The summed E-state index contributed by atoms with van der Waals surface area (Å²) in [5, 5.41) is 9.19. The standard InChI is InChI=1S/C27H34N8O2S/c1-5-13-28-26(36)24-19-29-27(31-20-9-11-23(12-10-20)35-16-14-34(2)15-17-35)32-25(24)30-21-7-6-8-22(18-21)33-38(3,4)37/h5-12,18-19H,1,13-17H2,2-4H3,(H,28,36)(H2,29,30,31,32). The lowest BCUT2D eigenvalue weighted by atomic mass is 10.2. The van der Waals surface area contributed by atoms with Gasteiger partial charge in [-0.3, -0.25) is 4.79 Å². The third-order valence-electron chi connectivity index (χ3n) is 5.87. The van der Waals surface area contributed by atoms with Gasteiger partial charge in [-0.1, -0.05) is 12.1 Å². The fourth-order valence-corrected chi connectivity index (χ4v) is 4.57. The van der Waals surface area contributed by atoms with Crippen LogP contribution in [0.4, 0.5) is 34.5 Å². The molecule has 3 aromatic rings. The fraction of sp³-hybridized carbons (Fsp3) is 0.296. The summed E-state index contributed by atoms with van der Waals surface area (Å²) in [4.78, 5) is 26.4. The van der Waals surface area contributed by atoms with Crippen molar-refractivity contribution < 1.29 is 9.00 Å². The van der Waals surface area contributed by atoms with E-state index in [0.29, 0.717) is 29.7 Å². The molecular weight excluding hydrogens is 500 g/mol. The molecule has 1 amide bonds. The molecule has 1 saturated heterocycles. The van der Waals surface area contributed by atoms with E-state index in [0.717, 1.165) is 31.9 Å². The number of aromatic nitrogens is 2. The molecule has 1 aromatic heterocycles. The molecule has 0 bridgehead atoms. The summed E-state index contributed by atoms with van der Waals surface area (Å²) in [5.41, 5.74) is 3.50. The molecule has 0 spiro atoms. The quantitative estimate of drug-likeness (QED) is 0.353. The Morgan fingerprint density at radius 1 is 1.08 bits per heavy atom. The zero-order chi connectivity index (χ0) is 27.1. The molecule has 4 rings (SSSR count). The van der Waals surface area contributed by atoms with E-state index in [-0.39, 0.29) is 11.5 Å². The highest BCUT2D eigenvalue weighted by Crippen LogP contribution is 2.26. The van der Waals surface area contributed by atoms with Crippen molar-refractivity contribution in [2.45, 2.75) is 0 Å². The molecule has 0 unspecified atom stereocenters. The molecule has 200 valence electrons. The molecule has 1 aliphatic rings. The predicted octanol–water partition coefficient (Wildman–Crippen LogP) is 3.99. The van der Waals surface area contributed by atoms with E-state index < -0.39 is 9.73 Å². The molecule has 2 heterocycles. The van der Waals surface area contributed by atoms with E-state index in [4.69, 9.17) is 0 Å². The minimum atomic E-state index is -2.32. The van der Waals surface area contributed by atoms with E-state index in [1.54, 1.807) is 36.8 Å². The predicted molar refractivity (Wildman–Crippen MR) is 156 cm³/mol. The number of nitrogens with zero attached hydrogens (tertiary/aromatic N) is 5. The number of rotatable bonds is 9. The van der Waals surface area contributed by atoms with Gasteiger partial charge in [-0.2, -0.15) is 9.35 Å². The van der Waals surface area contributed by atoms with Crippen LogP contribution in [0.5, 0.6) is 0 Å². The van der Waals surface area contributed by atoms with Crippen molar-refractivity contribution >= 4 is 50.2 Å². The number of carbonyl (C=O) groups excluding carboxylic acids is 1. The molecule has 11 heteroatoms. The number of amides is 1. The molecule has 38 heavy (non-hydrogen) atoms. The van der Waals surface area contributed by atoms with Crippen LogP contribution in [-0.4, -0.2) is 77.3 Å². The zero-order valence-electron chi connectivity index (χ0n) is 22.0. The monoisotopic (exact) mass is 534 g/mol. The normalized spacial score (nSPS) is 14.0. The van der Waals surface area contributed by atoms with Gasteiger partial charge in [-0.05, 0) is 49.5 Å². The average molecular weight is 535 g/mol. The number of benzene rings is 2. The van der Waals surface area contributed by atoms with Gasteiger partial charge in [0.1, 0.15) is 11.4 Å². The minimum absolute atomic E-state index is 0.278. The average Bonchev–Trinajstić information content (AvgIpc) is 2.88. The number of carbonyl (C=O) groups is 1. The van der Waals surface area contributed by atoms with Crippen LogP contribution < -0.4 is 20.9 Å². The van der Waals surface area contributed by atoms with Crippen molar-refractivity contribution in [1.82, 2.24) is 20.2 Å². The molecule has 0 radical (unpaired) electrons. The van der Waals surface area contributed by atoms with Crippen LogP contribution in [0.1, 0.15) is 10.4 Å². The Labute approximate surface area is 224 Å².